The van der Waals surface area contributed by atoms with Crippen LogP contribution in [0.15, 0.2) is 31.8 Å². The molecule has 0 spiro atoms. The summed E-state index contributed by atoms with van der Waals surface area (Å²) in [6.07, 6.45) is 4.21. The van der Waals surface area contributed by atoms with Gasteiger partial charge >= 0.3 is 0 Å². The van der Waals surface area contributed by atoms with Crippen molar-refractivity contribution in [3.63, 3.8) is 0 Å². The summed E-state index contributed by atoms with van der Waals surface area (Å²) >= 11 is 10.4. The Labute approximate surface area is 207 Å². The molecule has 2 aromatic heterocycles. The van der Waals surface area contributed by atoms with Gasteiger partial charge in [-0.2, -0.15) is 23.5 Å². The van der Waals surface area contributed by atoms with E-state index in [2.05, 4.69) is 72.4 Å². The van der Waals surface area contributed by atoms with Gasteiger partial charge in [-0.25, -0.2) is 9.97 Å². The van der Waals surface area contributed by atoms with Crippen LogP contribution in [0.25, 0.3) is 0 Å². The molecule has 0 saturated heterocycles. The zero-order valence-electron chi connectivity index (χ0n) is 17.0. The minimum Gasteiger partial charge on any atom is -0.370 e. The first-order valence-corrected chi connectivity index (χ1v) is 13.5. The number of thioether (sulfide) groups is 2. The normalized spacial score (nSPS) is 12.3. The van der Waals surface area contributed by atoms with Crippen molar-refractivity contribution in [1.82, 2.24) is 30.6 Å². The van der Waals surface area contributed by atoms with Gasteiger partial charge in [-0.05, 0) is 38.3 Å². The van der Waals surface area contributed by atoms with Crippen LogP contribution in [-0.2, 0) is 11.5 Å². The molecular weight excluding hydrogens is 568 g/mol. The van der Waals surface area contributed by atoms with Crippen LogP contribution in [0, 0.1) is 0 Å². The third-order valence-electron chi connectivity index (χ3n) is 3.81. The highest BCUT2D eigenvalue weighted by Crippen LogP contribution is 2.18. The van der Waals surface area contributed by atoms with E-state index in [9.17, 15) is 0 Å². The van der Waals surface area contributed by atoms with Gasteiger partial charge in [0.1, 0.15) is 9.21 Å². The van der Waals surface area contributed by atoms with Gasteiger partial charge in [-0.1, -0.05) is 0 Å². The molecular formula is C17H28Br2N10S2. The van der Waals surface area contributed by atoms with Crippen molar-refractivity contribution in [3.8, 4) is 0 Å². The van der Waals surface area contributed by atoms with Crippen molar-refractivity contribution in [2.45, 2.75) is 17.9 Å². The standard InChI is InChI=1S/C17H28Br2N10S2/c18-14-12(26-10-28-14)8-30-6-4-24-16(20)22-2-1-3-23-17(21)25-5-7-31-9-13-15(19)29-11-27-13/h10-11H,1-9H2,(H,26,28)(H,27,29)(H3,20,22,24)(H3,21,23,25). The number of rotatable bonds is 14. The number of nitrogens with two attached hydrogens (primary N) is 2. The molecule has 10 nitrogen and oxygen atoms in total. The first-order valence-electron chi connectivity index (χ1n) is 9.64. The molecule has 0 saturated carbocycles. The van der Waals surface area contributed by atoms with Crippen molar-refractivity contribution >= 4 is 67.3 Å². The summed E-state index contributed by atoms with van der Waals surface area (Å²) < 4.78 is 1.86. The van der Waals surface area contributed by atoms with Crippen LogP contribution in [0.3, 0.4) is 0 Å². The molecule has 2 aromatic rings. The summed E-state index contributed by atoms with van der Waals surface area (Å²) in [7, 11) is 0. The van der Waals surface area contributed by atoms with Crippen LogP contribution in [0.2, 0.25) is 0 Å². The topological polar surface area (TPSA) is 158 Å². The second-order valence-corrected chi connectivity index (χ2v) is 9.97. The van der Waals surface area contributed by atoms with Gasteiger partial charge in [-0.15, -0.1) is 0 Å². The first-order chi connectivity index (χ1) is 15.1. The van der Waals surface area contributed by atoms with E-state index < -0.39 is 0 Å². The number of aliphatic imine (C=N–C) groups is 2. The predicted octanol–water partition coefficient (Wildman–Crippen LogP) is 2.02. The molecule has 14 heteroatoms. The van der Waals surface area contributed by atoms with E-state index in [4.69, 9.17) is 11.5 Å². The highest BCUT2D eigenvalue weighted by atomic mass is 79.9. The fourth-order valence-electron chi connectivity index (χ4n) is 2.25. The van der Waals surface area contributed by atoms with Crippen molar-refractivity contribution in [1.29, 1.82) is 0 Å². The molecule has 0 aliphatic heterocycles. The number of imidazole rings is 2. The van der Waals surface area contributed by atoms with Gasteiger partial charge in [0.25, 0.3) is 0 Å². The number of nitrogens with zero attached hydrogens (tertiary/aromatic N) is 4. The molecule has 0 fully saturated rings. The molecule has 2 rings (SSSR count). The Morgan fingerprint density at radius 3 is 1.71 bits per heavy atom. The highest BCUT2D eigenvalue weighted by molar-refractivity contribution is 9.10. The average Bonchev–Trinajstić information content (AvgIpc) is 3.35. The zero-order chi connectivity index (χ0) is 22.3. The smallest absolute Gasteiger partial charge is 0.188 e. The average molecular weight is 596 g/mol. The van der Waals surface area contributed by atoms with E-state index in [1.165, 1.54) is 0 Å². The Bertz CT molecular complexity index is 757. The Kier molecular flexibility index (Phi) is 12.9. The number of nitrogens with one attached hydrogen (secondary N) is 4. The fourth-order valence-corrected chi connectivity index (χ4v) is 4.86. The largest absolute Gasteiger partial charge is 0.370 e. The summed E-state index contributed by atoms with van der Waals surface area (Å²) in [6, 6.07) is 0. The van der Waals surface area contributed by atoms with E-state index in [1.54, 1.807) is 36.2 Å². The fraction of sp³-hybridized carbons (Fsp3) is 0.529. The minimum absolute atomic E-state index is 0.462. The van der Waals surface area contributed by atoms with Crippen molar-refractivity contribution in [2.75, 3.05) is 37.7 Å². The summed E-state index contributed by atoms with van der Waals surface area (Å²) in [6.45, 7) is 2.77. The van der Waals surface area contributed by atoms with Gasteiger partial charge in [0.15, 0.2) is 11.9 Å². The maximum Gasteiger partial charge on any atom is 0.188 e. The van der Waals surface area contributed by atoms with Crippen molar-refractivity contribution in [2.24, 2.45) is 21.5 Å². The third kappa shape index (κ3) is 11.2. The minimum atomic E-state index is 0.462. The van der Waals surface area contributed by atoms with E-state index in [0.717, 1.165) is 63.1 Å². The van der Waals surface area contributed by atoms with Gasteiger partial charge in [0.2, 0.25) is 0 Å². The number of aromatic amines is 2. The lowest BCUT2D eigenvalue weighted by Crippen LogP contribution is -2.36. The lowest BCUT2D eigenvalue weighted by Gasteiger charge is -2.07. The molecule has 0 radical (unpaired) electrons. The van der Waals surface area contributed by atoms with E-state index in [-0.39, 0.29) is 0 Å². The van der Waals surface area contributed by atoms with Crippen LogP contribution in [0.4, 0.5) is 0 Å². The van der Waals surface area contributed by atoms with E-state index in [0.29, 0.717) is 25.0 Å². The molecule has 0 aliphatic carbocycles. The summed E-state index contributed by atoms with van der Waals surface area (Å²) in [5.74, 6) is 4.36. The van der Waals surface area contributed by atoms with Crippen LogP contribution >= 0.6 is 55.4 Å². The molecule has 31 heavy (non-hydrogen) atoms. The number of halogens is 2. The highest BCUT2D eigenvalue weighted by Gasteiger charge is 2.02. The maximum atomic E-state index is 5.88. The zero-order valence-corrected chi connectivity index (χ0v) is 21.8. The Balaban J connectivity index is 1.43. The number of hydrogen-bond donors (Lipinski definition) is 6. The summed E-state index contributed by atoms with van der Waals surface area (Å²) in [4.78, 5) is 23.1. The molecule has 0 aliphatic rings. The quantitative estimate of drug-likeness (QED) is 0.110. The molecule has 8 N–H and O–H groups in total. The first kappa shape index (κ1) is 25.9. The number of aromatic nitrogens is 4. The van der Waals surface area contributed by atoms with Crippen molar-refractivity contribution < 1.29 is 0 Å². The van der Waals surface area contributed by atoms with Gasteiger partial charge in [0.05, 0.1) is 37.1 Å². The monoisotopic (exact) mass is 594 g/mol. The predicted molar refractivity (Wildman–Crippen MR) is 139 cm³/mol. The van der Waals surface area contributed by atoms with E-state index >= 15 is 0 Å². The van der Waals surface area contributed by atoms with Gasteiger partial charge in [-0.3, -0.25) is 9.98 Å². The molecule has 0 amide bonds. The molecule has 0 unspecified atom stereocenters. The Hall–Kier alpha value is -1.38. The van der Waals surface area contributed by atoms with Crippen LogP contribution in [-0.4, -0.2) is 69.5 Å². The molecule has 2 heterocycles. The Morgan fingerprint density at radius 2 is 1.32 bits per heavy atom. The lowest BCUT2D eigenvalue weighted by molar-refractivity contribution is 0.733. The SMILES string of the molecule is NC(=NCCSCc1nc[nH]c1Br)NCCCNC(N)=NCCSCc1nc[nH]c1Br. The van der Waals surface area contributed by atoms with Gasteiger partial charge in [0, 0.05) is 36.1 Å². The van der Waals surface area contributed by atoms with Crippen LogP contribution in [0.5, 0.6) is 0 Å². The lowest BCUT2D eigenvalue weighted by atomic mass is 10.4. The third-order valence-corrected chi connectivity index (χ3v) is 7.08. The van der Waals surface area contributed by atoms with Crippen LogP contribution < -0.4 is 22.1 Å². The molecule has 0 atom stereocenters. The molecule has 0 aromatic carbocycles. The maximum absolute atomic E-state index is 5.88. The molecule has 172 valence electrons. The second-order valence-electron chi connectivity index (χ2n) is 6.17. The Morgan fingerprint density at radius 1 is 0.871 bits per heavy atom. The van der Waals surface area contributed by atoms with Crippen LogP contribution in [0.1, 0.15) is 17.8 Å². The second kappa shape index (κ2) is 15.4. The number of hydrogen-bond acceptors (Lipinski definition) is 6. The van der Waals surface area contributed by atoms with Gasteiger partial charge < -0.3 is 32.1 Å². The number of guanidine groups is 2. The summed E-state index contributed by atoms with van der Waals surface area (Å²) in [5, 5.41) is 6.21. The van der Waals surface area contributed by atoms with E-state index in [1.807, 2.05) is 0 Å². The molecule has 0 bridgehead atoms. The number of H-pyrrole nitrogens is 2. The summed E-state index contributed by atoms with van der Waals surface area (Å²) in [5.41, 5.74) is 13.8. The van der Waals surface area contributed by atoms with Crippen molar-refractivity contribution in [3.05, 3.63) is 33.2 Å².